The first-order valence-electron chi connectivity index (χ1n) is 8.42. The molecule has 0 unspecified atom stereocenters. The minimum Gasteiger partial charge on any atom is -0.387 e. The number of aliphatic hydroxyl groups is 1. The van der Waals surface area contributed by atoms with Gasteiger partial charge in [0.1, 0.15) is 11.5 Å². The number of carbonyl (C=O) groups is 1. The monoisotopic (exact) mass is 340 g/mol. The number of hydrogen-bond donors (Lipinski definition) is 1. The molecule has 0 bridgehead atoms. The molecule has 0 radical (unpaired) electrons. The largest absolute Gasteiger partial charge is 0.387 e. The molecule has 1 atom stereocenters. The Bertz CT molecular complexity index is 776. The van der Waals surface area contributed by atoms with Crippen molar-refractivity contribution in [2.45, 2.75) is 12.6 Å². The molecule has 1 fully saturated rings. The van der Waals surface area contributed by atoms with Crippen LogP contribution in [0.15, 0.2) is 36.7 Å². The maximum absolute atomic E-state index is 12.6. The van der Waals surface area contributed by atoms with Gasteiger partial charge in [0.15, 0.2) is 0 Å². The lowest BCUT2D eigenvalue weighted by Gasteiger charge is -2.33. The number of aliphatic hydroxyl groups excluding tert-OH is 1. The van der Waals surface area contributed by atoms with Crippen LogP contribution in [0.25, 0.3) is 0 Å². The van der Waals surface area contributed by atoms with Gasteiger partial charge in [-0.25, -0.2) is 4.98 Å². The van der Waals surface area contributed by atoms with E-state index >= 15 is 0 Å². The van der Waals surface area contributed by atoms with Crippen LogP contribution in [0.5, 0.6) is 0 Å². The third-order valence-corrected chi connectivity index (χ3v) is 4.63. The van der Waals surface area contributed by atoms with E-state index in [-0.39, 0.29) is 5.91 Å². The molecule has 1 aromatic carbocycles. The van der Waals surface area contributed by atoms with Crippen LogP contribution in [-0.4, -0.2) is 58.7 Å². The number of anilines is 1. The Labute approximate surface area is 145 Å². The number of aromatic nitrogens is 2. The molecule has 4 rings (SSSR count). The van der Waals surface area contributed by atoms with Gasteiger partial charge in [0.25, 0.3) is 5.91 Å². The average molecular weight is 340 g/mol. The first kappa shape index (κ1) is 16.0. The molecule has 2 aliphatic rings. The number of fused-ring (bicyclic) bond motifs is 1. The van der Waals surface area contributed by atoms with Gasteiger partial charge in [-0.05, 0) is 11.1 Å². The van der Waals surface area contributed by atoms with Crippen LogP contribution in [0.4, 0.5) is 5.82 Å². The summed E-state index contributed by atoms with van der Waals surface area (Å²) in [6, 6.07) is 7.83. The maximum atomic E-state index is 12.6. The number of hydrogen-bond acceptors (Lipinski definition) is 6. The molecule has 7 nitrogen and oxygen atoms in total. The number of carbonyl (C=O) groups excluding carboxylic acids is 1. The third-order valence-electron chi connectivity index (χ3n) is 4.63. The standard InChI is InChI=1S/C18H20N4O3/c23-16-12-22(11-13-3-1-2-4-14(13)16)17-10-19-9-15(20-17)18(24)21-5-7-25-8-6-21/h1-4,9-10,16,23H,5-8,11-12H2/t16-/m1/s1. The van der Waals surface area contributed by atoms with E-state index in [4.69, 9.17) is 4.74 Å². The Morgan fingerprint density at radius 2 is 2.00 bits per heavy atom. The number of ether oxygens (including phenoxy) is 1. The highest BCUT2D eigenvalue weighted by molar-refractivity contribution is 5.92. The Kier molecular flexibility index (Phi) is 4.33. The highest BCUT2D eigenvalue weighted by Crippen LogP contribution is 2.28. The smallest absolute Gasteiger partial charge is 0.274 e. The van der Waals surface area contributed by atoms with Crippen molar-refractivity contribution in [3.63, 3.8) is 0 Å². The van der Waals surface area contributed by atoms with Crippen LogP contribution in [0, 0.1) is 0 Å². The highest BCUT2D eigenvalue weighted by Gasteiger charge is 2.26. The van der Waals surface area contributed by atoms with Crippen LogP contribution < -0.4 is 4.90 Å². The van der Waals surface area contributed by atoms with Crippen molar-refractivity contribution in [3.8, 4) is 0 Å². The zero-order valence-electron chi connectivity index (χ0n) is 13.8. The van der Waals surface area contributed by atoms with Gasteiger partial charge in [-0.3, -0.25) is 9.78 Å². The van der Waals surface area contributed by atoms with Crippen LogP contribution in [0.1, 0.15) is 27.7 Å². The van der Waals surface area contributed by atoms with Gasteiger partial charge < -0.3 is 19.6 Å². The quantitative estimate of drug-likeness (QED) is 0.879. The molecule has 1 amide bonds. The summed E-state index contributed by atoms with van der Waals surface area (Å²) in [5, 5.41) is 10.4. The van der Waals surface area contributed by atoms with E-state index in [1.165, 1.54) is 6.20 Å². The van der Waals surface area contributed by atoms with E-state index in [2.05, 4.69) is 9.97 Å². The lowest BCUT2D eigenvalue weighted by molar-refractivity contribution is 0.0298. The molecule has 1 saturated heterocycles. The fourth-order valence-electron chi connectivity index (χ4n) is 3.29. The molecule has 0 spiro atoms. The number of nitrogens with zero attached hydrogens (tertiary/aromatic N) is 4. The minimum atomic E-state index is -0.578. The summed E-state index contributed by atoms with van der Waals surface area (Å²) in [6.45, 7) is 3.31. The van der Waals surface area contributed by atoms with Gasteiger partial charge in [0.2, 0.25) is 0 Å². The Balaban J connectivity index is 1.57. The van der Waals surface area contributed by atoms with Crippen LogP contribution in [0.2, 0.25) is 0 Å². The van der Waals surface area contributed by atoms with Crippen molar-refractivity contribution >= 4 is 11.7 Å². The molecule has 7 heteroatoms. The summed E-state index contributed by atoms with van der Waals surface area (Å²) in [6.07, 6.45) is 2.55. The lowest BCUT2D eigenvalue weighted by atomic mass is 9.97. The maximum Gasteiger partial charge on any atom is 0.274 e. The fourth-order valence-corrected chi connectivity index (χ4v) is 3.29. The van der Waals surface area contributed by atoms with E-state index in [1.54, 1.807) is 11.1 Å². The predicted octanol–water partition coefficient (Wildman–Crippen LogP) is 1.00. The molecule has 130 valence electrons. The fraction of sp³-hybridized carbons (Fsp3) is 0.389. The predicted molar refractivity (Wildman–Crippen MR) is 91.2 cm³/mol. The number of morpholine rings is 1. The van der Waals surface area contributed by atoms with Crippen LogP contribution >= 0.6 is 0 Å². The van der Waals surface area contributed by atoms with Gasteiger partial charge >= 0.3 is 0 Å². The van der Waals surface area contributed by atoms with E-state index in [0.29, 0.717) is 50.9 Å². The highest BCUT2D eigenvalue weighted by atomic mass is 16.5. The number of amides is 1. The van der Waals surface area contributed by atoms with Crippen LogP contribution in [-0.2, 0) is 11.3 Å². The molecule has 1 N–H and O–H groups in total. The topological polar surface area (TPSA) is 78.8 Å². The van der Waals surface area contributed by atoms with Crippen molar-refractivity contribution < 1.29 is 14.6 Å². The Hall–Kier alpha value is -2.51. The third kappa shape index (κ3) is 3.20. The first-order valence-corrected chi connectivity index (χ1v) is 8.42. The molecular formula is C18H20N4O3. The Morgan fingerprint density at radius 3 is 2.84 bits per heavy atom. The summed E-state index contributed by atoms with van der Waals surface area (Å²) in [5.74, 6) is 0.475. The van der Waals surface area contributed by atoms with Gasteiger partial charge in [0, 0.05) is 26.2 Å². The number of β-amino-alcohol motifs (C(OH)–C–C–N with tert-alkyl or cyclic N) is 1. The SMILES string of the molecule is O=C(c1cncc(N2Cc3ccccc3[C@H](O)C2)n1)N1CCOCC1. The average Bonchev–Trinajstić information content (AvgIpc) is 2.68. The molecule has 2 aliphatic heterocycles. The normalized spacial score (nSPS) is 20.3. The van der Waals surface area contributed by atoms with Crippen molar-refractivity contribution in [3.05, 3.63) is 53.5 Å². The van der Waals surface area contributed by atoms with E-state index in [0.717, 1.165) is 11.1 Å². The summed E-state index contributed by atoms with van der Waals surface area (Å²) in [7, 11) is 0. The van der Waals surface area contributed by atoms with Gasteiger partial charge in [0.05, 0.1) is 31.7 Å². The van der Waals surface area contributed by atoms with Gasteiger partial charge in [-0.2, -0.15) is 0 Å². The molecule has 0 saturated carbocycles. The summed E-state index contributed by atoms with van der Waals surface area (Å²) >= 11 is 0. The van der Waals surface area contributed by atoms with Gasteiger partial charge in [-0.15, -0.1) is 0 Å². The zero-order chi connectivity index (χ0) is 17.2. The molecule has 3 heterocycles. The van der Waals surface area contributed by atoms with Crippen LogP contribution in [0.3, 0.4) is 0 Å². The minimum absolute atomic E-state index is 0.129. The second kappa shape index (κ2) is 6.78. The summed E-state index contributed by atoms with van der Waals surface area (Å²) < 4.78 is 5.28. The van der Waals surface area contributed by atoms with Crippen molar-refractivity contribution in [1.82, 2.24) is 14.9 Å². The second-order valence-electron chi connectivity index (χ2n) is 6.26. The van der Waals surface area contributed by atoms with E-state index in [1.807, 2.05) is 29.2 Å². The van der Waals surface area contributed by atoms with Crippen molar-refractivity contribution in [2.24, 2.45) is 0 Å². The second-order valence-corrected chi connectivity index (χ2v) is 6.26. The molecule has 2 aromatic rings. The van der Waals surface area contributed by atoms with Gasteiger partial charge in [-0.1, -0.05) is 24.3 Å². The number of benzene rings is 1. The number of rotatable bonds is 2. The molecule has 0 aliphatic carbocycles. The summed E-state index contributed by atoms with van der Waals surface area (Å²) in [5.41, 5.74) is 2.34. The van der Waals surface area contributed by atoms with Crippen molar-refractivity contribution in [1.29, 1.82) is 0 Å². The molecule has 25 heavy (non-hydrogen) atoms. The van der Waals surface area contributed by atoms with Crippen molar-refractivity contribution in [2.75, 3.05) is 37.7 Å². The van der Waals surface area contributed by atoms with E-state index in [9.17, 15) is 9.90 Å². The zero-order valence-corrected chi connectivity index (χ0v) is 13.8. The molecule has 1 aromatic heterocycles. The van der Waals surface area contributed by atoms with E-state index < -0.39 is 6.10 Å². The summed E-state index contributed by atoms with van der Waals surface area (Å²) in [4.78, 5) is 25.0. The lowest BCUT2D eigenvalue weighted by Crippen LogP contribution is -2.41. The first-order chi connectivity index (χ1) is 12.2. The molecular weight excluding hydrogens is 320 g/mol. The Morgan fingerprint density at radius 1 is 1.20 bits per heavy atom.